The van der Waals surface area contributed by atoms with Crippen LogP contribution in [0.4, 0.5) is 13.2 Å². The molecule has 6 heteroatoms. The third-order valence-corrected chi connectivity index (χ3v) is 3.21. The van der Waals surface area contributed by atoms with Crippen molar-refractivity contribution < 1.29 is 17.9 Å². The normalized spacial score (nSPS) is 12.5. The van der Waals surface area contributed by atoms with Crippen molar-refractivity contribution in [3.05, 3.63) is 64.4 Å². The van der Waals surface area contributed by atoms with Crippen LogP contribution in [0.15, 0.2) is 42.5 Å². The monoisotopic (exact) mass is 315 g/mol. The third kappa shape index (κ3) is 3.89. The number of hydrogen-bond donors (Lipinski definition) is 1. The minimum atomic E-state index is -2.90. The molecule has 21 heavy (non-hydrogen) atoms. The highest BCUT2D eigenvalue weighted by atomic mass is 35.5. The summed E-state index contributed by atoms with van der Waals surface area (Å²) in [4.78, 5) is 0. The molecule has 0 amide bonds. The van der Waals surface area contributed by atoms with E-state index in [1.54, 1.807) is 31.3 Å². The Labute approximate surface area is 125 Å². The maximum absolute atomic E-state index is 14.0. The fraction of sp³-hybridized carbons (Fsp3) is 0.200. The van der Waals surface area contributed by atoms with Gasteiger partial charge < -0.3 is 10.1 Å². The Morgan fingerprint density at radius 2 is 1.90 bits per heavy atom. The van der Waals surface area contributed by atoms with Crippen LogP contribution in [0.5, 0.6) is 5.75 Å². The first-order valence-electron chi connectivity index (χ1n) is 6.18. The molecule has 0 fully saturated rings. The summed E-state index contributed by atoms with van der Waals surface area (Å²) >= 11 is 5.73. The van der Waals surface area contributed by atoms with E-state index in [4.69, 9.17) is 11.6 Å². The summed E-state index contributed by atoms with van der Waals surface area (Å²) in [6.07, 6.45) is 0. The molecule has 0 bridgehead atoms. The highest BCUT2D eigenvalue weighted by Crippen LogP contribution is 2.28. The number of hydrogen-bond acceptors (Lipinski definition) is 2. The first-order chi connectivity index (χ1) is 10.0. The Morgan fingerprint density at radius 3 is 2.52 bits per heavy atom. The second kappa shape index (κ2) is 6.83. The maximum Gasteiger partial charge on any atom is 0.387 e. The molecule has 0 saturated heterocycles. The van der Waals surface area contributed by atoms with E-state index in [-0.39, 0.29) is 5.75 Å². The molecule has 0 saturated carbocycles. The van der Waals surface area contributed by atoms with Gasteiger partial charge >= 0.3 is 6.61 Å². The smallest absolute Gasteiger partial charge is 0.387 e. The van der Waals surface area contributed by atoms with Gasteiger partial charge in [0.1, 0.15) is 11.6 Å². The molecule has 2 nitrogen and oxygen atoms in total. The summed E-state index contributed by atoms with van der Waals surface area (Å²) in [6, 6.07) is 9.98. The van der Waals surface area contributed by atoms with E-state index >= 15 is 0 Å². The number of benzene rings is 2. The zero-order valence-corrected chi connectivity index (χ0v) is 11.9. The fourth-order valence-corrected chi connectivity index (χ4v) is 2.27. The Bertz CT molecular complexity index is 622. The lowest BCUT2D eigenvalue weighted by Gasteiger charge is -2.19. The Kier molecular flexibility index (Phi) is 5.09. The third-order valence-electron chi connectivity index (χ3n) is 2.98. The summed E-state index contributed by atoms with van der Waals surface area (Å²) in [5, 5.41) is 3.24. The molecule has 1 N–H and O–H groups in total. The van der Waals surface area contributed by atoms with Gasteiger partial charge in [0.15, 0.2) is 0 Å². The van der Waals surface area contributed by atoms with Gasteiger partial charge in [-0.25, -0.2) is 4.39 Å². The lowest BCUT2D eigenvalue weighted by atomic mass is 9.98. The van der Waals surface area contributed by atoms with Crippen molar-refractivity contribution in [1.82, 2.24) is 5.32 Å². The van der Waals surface area contributed by atoms with Gasteiger partial charge in [-0.3, -0.25) is 0 Å². The van der Waals surface area contributed by atoms with Gasteiger partial charge in [0, 0.05) is 10.6 Å². The van der Waals surface area contributed by atoms with Crippen LogP contribution in [-0.4, -0.2) is 13.7 Å². The largest absolute Gasteiger partial charge is 0.435 e. The molecular weight excluding hydrogens is 303 g/mol. The van der Waals surface area contributed by atoms with Gasteiger partial charge in [-0.2, -0.15) is 8.78 Å². The van der Waals surface area contributed by atoms with E-state index in [0.717, 1.165) is 0 Å². The van der Waals surface area contributed by atoms with E-state index in [0.29, 0.717) is 16.1 Å². The van der Waals surface area contributed by atoms with Crippen molar-refractivity contribution in [2.24, 2.45) is 0 Å². The van der Waals surface area contributed by atoms with Crippen molar-refractivity contribution in [3.63, 3.8) is 0 Å². The highest BCUT2D eigenvalue weighted by molar-refractivity contribution is 6.30. The predicted molar refractivity (Wildman–Crippen MR) is 75.4 cm³/mol. The highest BCUT2D eigenvalue weighted by Gasteiger charge is 2.17. The summed E-state index contributed by atoms with van der Waals surface area (Å²) in [7, 11) is 1.65. The Morgan fingerprint density at radius 1 is 1.14 bits per heavy atom. The van der Waals surface area contributed by atoms with Gasteiger partial charge in [0.25, 0.3) is 0 Å². The van der Waals surface area contributed by atoms with E-state index < -0.39 is 18.5 Å². The Hall–Kier alpha value is -1.72. The minimum absolute atomic E-state index is 0.0251. The summed E-state index contributed by atoms with van der Waals surface area (Å²) < 4.78 is 42.9. The molecule has 1 atom stereocenters. The minimum Gasteiger partial charge on any atom is -0.435 e. The molecule has 0 radical (unpaired) electrons. The van der Waals surface area contributed by atoms with Crippen LogP contribution >= 0.6 is 11.6 Å². The molecular formula is C15H13ClF3NO. The fourth-order valence-electron chi connectivity index (χ4n) is 2.11. The summed E-state index contributed by atoms with van der Waals surface area (Å²) in [5.41, 5.74) is 0.980. The summed E-state index contributed by atoms with van der Waals surface area (Å²) in [5.74, 6) is -0.445. The van der Waals surface area contributed by atoms with Crippen molar-refractivity contribution in [2.45, 2.75) is 12.7 Å². The zero-order chi connectivity index (χ0) is 15.4. The number of rotatable bonds is 5. The van der Waals surface area contributed by atoms with Crippen LogP contribution in [0.1, 0.15) is 17.2 Å². The Balaban J connectivity index is 2.37. The molecule has 1 unspecified atom stereocenters. The molecule has 0 spiro atoms. The first-order valence-corrected chi connectivity index (χ1v) is 6.56. The molecule has 0 aliphatic carbocycles. The number of nitrogens with one attached hydrogen (secondary N) is 1. The van der Waals surface area contributed by atoms with Crippen LogP contribution < -0.4 is 10.1 Å². The molecule has 2 aromatic carbocycles. The van der Waals surface area contributed by atoms with Crippen molar-refractivity contribution >= 4 is 11.6 Å². The maximum atomic E-state index is 14.0. The van der Waals surface area contributed by atoms with Crippen molar-refractivity contribution in [3.8, 4) is 5.75 Å². The lowest BCUT2D eigenvalue weighted by Crippen LogP contribution is -2.19. The van der Waals surface area contributed by atoms with Crippen LogP contribution in [0, 0.1) is 5.82 Å². The number of halogens is 4. The standard InChI is InChI=1S/C15H13ClF3NO/c1-20-14(12-6-5-10(16)8-13(12)17)9-3-2-4-11(7-9)21-15(18)19/h2-8,14-15,20H,1H3. The number of alkyl halides is 2. The zero-order valence-electron chi connectivity index (χ0n) is 11.1. The topological polar surface area (TPSA) is 21.3 Å². The number of ether oxygens (including phenoxy) is 1. The average Bonchev–Trinajstić information content (AvgIpc) is 2.41. The van der Waals surface area contributed by atoms with Gasteiger partial charge in [0.05, 0.1) is 6.04 Å². The predicted octanol–water partition coefficient (Wildman–Crippen LogP) is 4.39. The van der Waals surface area contributed by atoms with E-state index in [1.165, 1.54) is 18.2 Å². The van der Waals surface area contributed by atoms with Crippen molar-refractivity contribution in [1.29, 1.82) is 0 Å². The second-order valence-electron chi connectivity index (χ2n) is 4.34. The molecule has 0 heterocycles. The molecule has 0 aliphatic heterocycles. The summed E-state index contributed by atoms with van der Waals surface area (Å²) in [6.45, 7) is -2.90. The van der Waals surface area contributed by atoms with Gasteiger partial charge in [-0.1, -0.05) is 29.8 Å². The van der Waals surface area contributed by atoms with Crippen LogP contribution in [0.25, 0.3) is 0 Å². The SMILES string of the molecule is CNC(c1cccc(OC(F)F)c1)c1ccc(Cl)cc1F. The second-order valence-corrected chi connectivity index (χ2v) is 4.77. The lowest BCUT2D eigenvalue weighted by molar-refractivity contribution is -0.0498. The quantitative estimate of drug-likeness (QED) is 0.883. The molecule has 112 valence electrons. The molecule has 0 aromatic heterocycles. The van der Waals surface area contributed by atoms with Gasteiger partial charge in [0.2, 0.25) is 0 Å². The van der Waals surface area contributed by atoms with Gasteiger partial charge in [-0.15, -0.1) is 0 Å². The van der Waals surface area contributed by atoms with Crippen LogP contribution in [0.3, 0.4) is 0 Å². The van der Waals surface area contributed by atoms with Crippen LogP contribution in [0.2, 0.25) is 5.02 Å². The average molecular weight is 316 g/mol. The van der Waals surface area contributed by atoms with Crippen LogP contribution in [-0.2, 0) is 0 Å². The van der Waals surface area contributed by atoms with E-state index in [1.807, 2.05) is 0 Å². The molecule has 0 aliphatic rings. The van der Waals surface area contributed by atoms with Gasteiger partial charge in [-0.05, 0) is 36.9 Å². The van der Waals surface area contributed by atoms with Crippen molar-refractivity contribution in [2.75, 3.05) is 7.05 Å². The molecule has 2 aromatic rings. The first kappa shape index (κ1) is 15.7. The van der Waals surface area contributed by atoms with E-state index in [2.05, 4.69) is 10.1 Å². The van der Waals surface area contributed by atoms with E-state index in [9.17, 15) is 13.2 Å². The molecule has 2 rings (SSSR count).